The van der Waals surface area contributed by atoms with Crippen molar-refractivity contribution in [3.63, 3.8) is 0 Å². The van der Waals surface area contributed by atoms with Crippen LogP contribution in [0.3, 0.4) is 0 Å². The highest BCUT2D eigenvalue weighted by atomic mass is 79.9. The van der Waals surface area contributed by atoms with Crippen LogP contribution in [0.2, 0.25) is 0 Å². The zero-order chi connectivity index (χ0) is 14.0. The second-order valence-electron chi connectivity index (χ2n) is 3.45. The van der Waals surface area contributed by atoms with Crippen molar-refractivity contribution in [2.24, 2.45) is 0 Å². The van der Waals surface area contributed by atoms with Gasteiger partial charge in [-0.25, -0.2) is 17.8 Å². The Morgan fingerprint density at radius 1 is 1.26 bits per heavy atom. The first-order chi connectivity index (χ1) is 8.86. The standard InChI is InChI=1S/C11H6BrClFNO3S/c12-7-1-3-9(14)10(5-7)18-11-4-2-8(6-15-11)19(13,16)17/h1-6H. The van der Waals surface area contributed by atoms with Crippen LogP contribution < -0.4 is 4.74 Å². The molecule has 0 aliphatic rings. The molecule has 0 unspecified atom stereocenters. The number of pyridine rings is 1. The molecular weight excluding hydrogens is 361 g/mol. The van der Waals surface area contributed by atoms with Gasteiger partial charge in [0.25, 0.3) is 9.05 Å². The van der Waals surface area contributed by atoms with E-state index in [1.165, 1.54) is 30.3 Å². The Balaban J connectivity index is 2.27. The van der Waals surface area contributed by atoms with E-state index >= 15 is 0 Å². The summed E-state index contributed by atoms with van der Waals surface area (Å²) in [4.78, 5) is 3.59. The van der Waals surface area contributed by atoms with Gasteiger partial charge >= 0.3 is 0 Å². The van der Waals surface area contributed by atoms with E-state index in [9.17, 15) is 12.8 Å². The lowest BCUT2D eigenvalue weighted by molar-refractivity contribution is 0.426. The summed E-state index contributed by atoms with van der Waals surface area (Å²) in [6, 6.07) is 6.70. The summed E-state index contributed by atoms with van der Waals surface area (Å²) in [6.45, 7) is 0. The van der Waals surface area contributed by atoms with Crippen LogP contribution in [0.5, 0.6) is 11.6 Å². The minimum atomic E-state index is -3.83. The van der Waals surface area contributed by atoms with E-state index in [0.717, 1.165) is 6.20 Å². The number of nitrogens with zero attached hydrogens (tertiary/aromatic N) is 1. The number of hydrogen-bond donors (Lipinski definition) is 0. The van der Waals surface area contributed by atoms with Gasteiger partial charge in [0.2, 0.25) is 5.88 Å². The van der Waals surface area contributed by atoms with E-state index in [2.05, 4.69) is 20.9 Å². The summed E-state index contributed by atoms with van der Waals surface area (Å²) in [7, 11) is 1.31. The smallest absolute Gasteiger partial charge is 0.262 e. The maximum Gasteiger partial charge on any atom is 0.262 e. The number of ether oxygens (including phenoxy) is 1. The van der Waals surface area contributed by atoms with Gasteiger partial charge < -0.3 is 4.74 Å². The first-order valence-electron chi connectivity index (χ1n) is 4.90. The Bertz CT molecular complexity index is 706. The third kappa shape index (κ3) is 3.65. The molecule has 0 aliphatic heterocycles. The largest absolute Gasteiger partial charge is 0.436 e. The van der Waals surface area contributed by atoms with Crippen LogP contribution in [-0.4, -0.2) is 13.4 Å². The summed E-state index contributed by atoms with van der Waals surface area (Å²) < 4.78 is 41.3. The molecule has 0 N–H and O–H groups in total. The van der Waals surface area contributed by atoms with Crippen LogP contribution in [-0.2, 0) is 9.05 Å². The van der Waals surface area contributed by atoms with Crippen LogP contribution in [0.25, 0.3) is 0 Å². The summed E-state index contributed by atoms with van der Waals surface area (Å²) >= 11 is 3.18. The molecule has 100 valence electrons. The van der Waals surface area contributed by atoms with Gasteiger partial charge in [0.1, 0.15) is 4.90 Å². The van der Waals surface area contributed by atoms with Crippen molar-refractivity contribution in [1.29, 1.82) is 0 Å². The Morgan fingerprint density at radius 2 is 2.00 bits per heavy atom. The Kier molecular flexibility index (Phi) is 4.07. The molecule has 0 amide bonds. The van der Waals surface area contributed by atoms with Crippen molar-refractivity contribution in [1.82, 2.24) is 4.98 Å². The first kappa shape index (κ1) is 14.2. The molecular formula is C11H6BrClFNO3S. The molecule has 1 aromatic heterocycles. The van der Waals surface area contributed by atoms with Gasteiger partial charge in [0.15, 0.2) is 11.6 Å². The van der Waals surface area contributed by atoms with Crippen LogP contribution in [0.4, 0.5) is 4.39 Å². The van der Waals surface area contributed by atoms with Gasteiger partial charge in [-0.2, -0.15) is 0 Å². The Labute approximate surface area is 121 Å². The number of halogens is 3. The topological polar surface area (TPSA) is 56.3 Å². The highest BCUT2D eigenvalue weighted by molar-refractivity contribution is 9.10. The van der Waals surface area contributed by atoms with Crippen molar-refractivity contribution < 1.29 is 17.5 Å². The average molecular weight is 367 g/mol. The van der Waals surface area contributed by atoms with Gasteiger partial charge in [-0.15, -0.1) is 0 Å². The molecule has 0 saturated heterocycles. The number of hydrogen-bond acceptors (Lipinski definition) is 4. The van der Waals surface area contributed by atoms with Crippen molar-refractivity contribution in [2.75, 3.05) is 0 Å². The zero-order valence-electron chi connectivity index (χ0n) is 9.18. The minimum Gasteiger partial charge on any atom is -0.436 e. The second kappa shape index (κ2) is 5.44. The normalized spacial score (nSPS) is 11.3. The number of benzene rings is 1. The highest BCUT2D eigenvalue weighted by Gasteiger charge is 2.11. The Hall–Kier alpha value is -1.18. The predicted molar refractivity (Wildman–Crippen MR) is 71.4 cm³/mol. The molecule has 0 bridgehead atoms. The molecule has 19 heavy (non-hydrogen) atoms. The van der Waals surface area contributed by atoms with Crippen LogP contribution in [0.1, 0.15) is 0 Å². The molecule has 0 fully saturated rings. The van der Waals surface area contributed by atoms with E-state index in [4.69, 9.17) is 15.4 Å². The lowest BCUT2D eigenvalue weighted by Crippen LogP contribution is -1.94. The van der Waals surface area contributed by atoms with E-state index in [1.807, 2.05) is 0 Å². The van der Waals surface area contributed by atoms with E-state index in [0.29, 0.717) is 4.47 Å². The van der Waals surface area contributed by atoms with Crippen LogP contribution in [0.15, 0.2) is 45.9 Å². The van der Waals surface area contributed by atoms with Gasteiger partial charge in [0.05, 0.1) is 6.20 Å². The summed E-state index contributed by atoms with van der Waals surface area (Å²) in [5, 5.41) is 0. The highest BCUT2D eigenvalue weighted by Crippen LogP contribution is 2.27. The average Bonchev–Trinajstić information content (AvgIpc) is 2.33. The van der Waals surface area contributed by atoms with Crippen molar-refractivity contribution >= 4 is 35.7 Å². The predicted octanol–water partition coefficient (Wildman–Crippen LogP) is 3.70. The Morgan fingerprint density at radius 3 is 2.58 bits per heavy atom. The molecule has 1 heterocycles. The molecule has 2 aromatic rings. The minimum absolute atomic E-state index is 0.0247. The van der Waals surface area contributed by atoms with Crippen molar-refractivity contribution in [3.05, 3.63) is 46.8 Å². The van der Waals surface area contributed by atoms with Crippen molar-refractivity contribution in [2.45, 2.75) is 4.90 Å². The van der Waals surface area contributed by atoms with Crippen LogP contribution in [0, 0.1) is 5.82 Å². The van der Waals surface area contributed by atoms with Gasteiger partial charge in [-0.3, -0.25) is 0 Å². The fourth-order valence-corrected chi connectivity index (χ4v) is 2.26. The number of aromatic nitrogens is 1. The fraction of sp³-hybridized carbons (Fsp3) is 0. The third-order valence-electron chi connectivity index (χ3n) is 2.10. The molecule has 0 spiro atoms. The lowest BCUT2D eigenvalue weighted by Gasteiger charge is -2.06. The molecule has 8 heteroatoms. The zero-order valence-corrected chi connectivity index (χ0v) is 12.3. The molecule has 0 aliphatic carbocycles. The molecule has 0 radical (unpaired) electrons. The molecule has 1 aromatic carbocycles. The van der Waals surface area contributed by atoms with E-state index < -0.39 is 14.9 Å². The SMILES string of the molecule is O=S(=O)(Cl)c1ccc(Oc2cc(Br)ccc2F)nc1. The molecule has 2 rings (SSSR count). The van der Waals surface area contributed by atoms with Crippen molar-refractivity contribution in [3.8, 4) is 11.6 Å². The molecule has 0 saturated carbocycles. The first-order valence-corrected chi connectivity index (χ1v) is 8.00. The fourth-order valence-electron chi connectivity index (χ4n) is 1.24. The van der Waals surface area contributed by atoms with Gasteiger partial charge in [0, 0.05) is 21.2 Å². The summed E-state index contributed by atoms with van der Waals surface area (Å²) in [5.74, 6) is -0.525. The van der Waals surface area contributed by atoms with Gasteiger partial charge in [-0.05, 0) is 24.3 Å². The quantitative estimate of drug-likeness (QED) is 0.777. The van der Waals surface area contributed by atoms with E-state index in [1.54, 1.807) is 0 Å². The maximum atomic E-state index is 13.4. The third-order valence-corrected chi connectivity index (χ3v) is 3.93. The summed E-state index contributed by atoms with van der Waals surface area (Å²) in [5.41, 5.74) is 0. The molecule has 4 nitrogen and oxygen atoms in total. The second-order valence-corrected chi connectivity index (χ2v) is 6.93. The lowest BCUT2D eigenvalue weighted by atomic mass is 10.3. The van der Waals surface area contributed by atoms with E-state index in [-0.39, 0.29) is 16.5 Å². The molecule has 0 atom stereocenters. The monoisotopic (exact) mass is 365 g/mol. The summed E-state index contributed by atoms with van der Waals surface area (Å²) in [6.07, 6.45) is 1.04. The van der Waals surface area contributed by atoms with Gasteiger partial charge in [-0.1, -0.05) is 15.9 Å². The van der Waals surface area contributed by atoms with Crippen LogP contribution >= 0.6 is 26.6 Å². The number of rotatable bonds is 3. The maximum absolute atomic E-state index is 13.4.